The lowest BCUT2D eigenvalue weighted by Gasteiger charge is -2.37. The third-order valence-corrected chi connectivity index (χ3v) is 4.95. The number of halogens is 2. The van der Waals surface area contributed by atoms with E-state index in [1.54, 1.807) is 11.1 Å². The molecule has 2 aliphatic heterocycles. The lowest BCUT2D eigenvalue weighted by atomic mass is 9.95. The van der Waals surface area contributed by atoms with Crippen LogP contribution in [0.3, 0.4) is 0 Å². The van der Waals surface area contributed by atoms with Crippen molar-refractivity contribution in [3.8, 4) is 0 Å². The van der Waals surface area contributed by atoms with Crippen LogP contribution in [0.1, 0.15) is 25.7 Å². The summed E-state index contributed by atoms with van der Waals surface area (Å²) >= 11 is 0. The van der Waals surface area contributed by atoms with Crippen LogP contribution in [-0.4, -0.2) is 67.0 Å². The van der Waals surface area contributed by atoms with E-state index < -0.39 is 5.92 Å². The molecule has 138 valence electrons. The Kier molecular flexibility index (Phi) is 5.06. The molecule has 0 saturated carbocycles. The van der Waals surface area contributed by atoms with Crippen molar-refractivity contribution in [1.29, 1.82) is 0 Å². The maximum Gasteiger partial charge on any atom is 0.251 e. The maximum atomic E-state index is 13.3. The average Bonchev–Trinajstić information content (AvgIpc) is 2.61. The zero-order valence-electron chi connectivity index (χ0n) is 14.8. The number of likely N-dealkylation sites (tertiary alicyclic amines) is 1. The number of amides is 1. The third-order valence-electron chi connectivity index (χ3n) is 4.95. The Balaban J connectivity index is 1.65. The zero-order chi connectivity index (χ0) is 18.0. The van der Waals surface area contributed by atoms with Gasteiger partial charge in [0.05, 0.1) is 5.92 Å². The van der Waals surface area contributed by atoms with E-state index in [4.69, 9.17) is 0 Å². The van der Waals surface area contributed by atoms with Gasteiger partial charge in [-0.1, -0.05) is 0 Å². The molecule has 0 bridgehead atoms. The summed E-state index contributed by atoms with van der Waals surface area (Å²) in [5.74, 6) is -1.38. The van der Waals surface area contributed by atoms with Crippen molar-refractivity contribution < 1.29 is 13.6 Å². The highest BCUT2D eigenvalue weighted by atomic mass is 19.3. The van der Waals surface area contributed by atoms with Gasteiger partial charge in [-0.25, -0.2) is 13.8 Å². The quantitative estimate of drug-likeness (QED) is 0.832. The summed E-state index contributed by atoms with van der Waals surface area (Å²) < 4.78 is 26.6. The van der Waals surface area contributed by atoms with Gasteiger partial charge in [-0.2, -0.15) is 4.98 Å². The van der Waals surface area contributed by atoms with Crippen molar-refractivity contribution in [3.63, 3.8) is 0 Å². The highest BCUT2D eigenvalue weighted by Gasteiger charge is 2.38. The van der Waals surface area contributed by atoms with Gasteiger partial charge >= 0.3 is 0 Å². The van der Waals surface area contributed by atoms with Crippen LogP contribution < -0.4 is 9.80 Å². The van der Waals surface area contributed by atoms with Crippen molar-refractivity contribution in [3.05, 3.63) is 12.3 Å². The minimum absolute atomic E-state index is 0.0102. The Hall–Kier alpha value is -1.99. The van der Waals surface area contributed by atoms with Crippen LogP contribution in [0.5, 0.6) is 0 Å². The average molecular weight is 353 g/mol. The standard InChI is InChI=1S/C17H25F2N5O/c1-22(2)14-5-8-20-16(21-14)24-9-3-4-13(12-24)15(25)23-10-6-17(18,19)7-11-23/h5,8,13H,3-4,6-7,9-12H2,1-2H3. The Morgan fingerprint density at radius 1 is 1.28 bits per heavy atom. The molecule has 1 atom stereocenters. The van der Waals surface area contributed by atoms with Crippen LogP contribution in [0.15, 0.2) is 12.3 Å². The molecule has 1 aromatic rings. The highest BCUT2D eigenvalue weighted by Crippen LogP contribution is 2.30. The largest absolute Gasteiger partial charge is 0.363 e. The fraction of sp³-hybridized carbons (Fsp3) is 0.706. The minimum atomic E-state index is -2.63. The lowest BCUT2D eigenvalue weighted by Crippen LogP contribution is -2.49. The van der Waals surface area contributed by atoms with Crippen LogP contribution in [0.2, 0.25) is 0 Å². The number of rotatable bonds is 3. The minimum Gasteiger partial charge on any atom is -0.363 e. The summed E-state index contributed by atoms with van der Waals surface area (Å²) in [6, 6.07) is 1.84. The van der Waals surface area contributed by atoms with Crippen LogP contribution in [-0.2, 0) is 4.79 Å². The van der Waals surface area contributed by atoms with Crippen LogP contribution >= 0.6 is 0 Å². The molecule has 3 heterocycles. The van der Waals surface area contributed by atoms with Crippen molar-refractivity contribution >= 4 is 17.7 Å². The SMILES string of the molecule is CN(C)c1ccnc(N2CCCC(C(=O)N3CCC(F)(F)CC3)C2)n1. The van der Waals surface area contributed by atoms with Crippen molar-refractivity contribution in [2.45, 2.75) is 31.6 Å². The normalized spacial score (nSPS) is 23.4. The molecular weight excluding hydrogens is 328 g/mol. The molecule has 0 aromatic carbocycles. The smallest absolute Gasteiger partial charge is 0.251 e. The first kappa shape index (κ1) is 17.8. The molecule has 1 aromatic heterocycles. The monoisotopic (exact) mass is 353 g/mol. The number of hydrogen-bond donors (Lipinski definition) is 0. The van der Waals surface area contributed by atoms with Gasteiger partial charge in [-0.15, -0.1) is 0 Å². The predicted octanol–water partition coefficient (Wildman–Crippen LogP) is 2.02. The lowest BCUT2D eigenvalue weighted by molar-refractivity contribution is -0.141. The first-order valence-electron chi connectivity index (χ1n) is 8.78. The van der Waals surface area contributed by atoms with Gasteiger partial charge in [0.2, 0.25) is 11.9 Å². The van der Waals surface area contributed by atoms with E-state index in [1.807, 2.05) is 30.0 Å². The summed E-state index contributed by atoms with van der Waals surface area (Å²) in [4.78, 5) is 27.1. The summed E-state index contributed by atoms with van der Waals surface area (Å²) in [6.45, 7) is 1.64. The summed E-state index contributed by atoms with van der Waals surface area (Å²) in [5.41, 5.74) is 0. The molecule has 1 amide bonds. The first-order chi connectivity index (χ1) is 11.9. The van der Waals surface area contributed by atoms with Crippen molar-refractivity contribution in [2.75, 3.05) is 50.1 Å². The molecule has 2 fully saturated rings. The van der Waals surface area contributed by atoms with Gasteiger partial charge in [0.25, 0.3) is 5.92 Å². The molecule has 2 aliphatic rings. The zero-order valence-corrected chi connectivity index (χ0v) is 14.8. The molecule has 2 saturated heterocycles. The molecule has 25 heavy (non-hydrogen) atoms. The molecule has 0 spiro atoms. The van der Waals surface area contributed by atoms with E-state index in [0.29, 0.717) is 12.5 Å². The van der Waals surface area contributed by atoms with Gasteiger partial charge < -0.3 is 14.7 Å². The van der Waals surface area contributed by atoms with Gasteiger partial charge in [0.15, 0.2) is 0 Å². The number of piperidine rings is 2. The fourth-order valence-electron chi connectivity index (χ4n) is 3.41. The van der Waals surface area contributed by atoms with E-state index >= 15 is 0 Å². The molecule has 1 unspecified atom stereocenters. The summed E-state index contributed by atoms with van der Waals surface area (Å²) in [7, 11) is 3.83. The Morgan fingerprint density at radius 3 is 2.68 bits per heavy atom. The van der Waals surface area contributed by atoms with Gasteiger partial charge in [-0.05, 0) is 18.9 Å². The van der Waals surface area contributed by atoms with Gasteiger partial charge in [0, 0.05) is 59.3 Å². The topological polar surface area (TPSA) is 52.6 Å². The Morgan fingerprint density at radius 2 is 2.00 bits per heavy atom. The summed E-state index contributed by atoms with van der Waals surface area (Å²) in [6.07, 6.45) is 2.91. The van der Waals surface area contributed by atoms with Crippen molar-refractivity contribution in [2.24, 2.45) is 5.92 Å². The second-order valence-corrected chi connectivity index (χ2v) is 7.08. The first-order valence-corrected chi connectivity index (χ1v) is 8.78. The molecule has 0 aliphatic carbocycles. The Labute approximate surface area is 146 Å². The van der Waals surface area contributed by atoms with Crippen LogP contribution in [0.25, 0.3) is 0 Å². The second kappa shape index (κ2) is 7.09. The Bertz CT molecular complexity index is 615. The summed E-state index contributed by atoms with van der Waals surface area (Å²) in [5, 5.41) is 0. The highest BCUT2D eigenvalue weighted by molar-refractivity contribution is 5.79. The van der Waals surface area contributed by atoms with Crippen LogP contribution in [0.4, 0.5) is 20.5 Å². The van der Waals surface area contributed by atoms with E-state index in [1.165, 1.54) is 0 Å². The number of anilines is 2. The number of aromatic nitrogens is 2. The number of carbonyl (C=O) groups excluding carboxylic acids is 1. The van der Waals surface area contributed by atoms with Gasteiger partial charge in [0.1, 0.15) is 5.82 Å². The van der Waals surface area contributed by atoms with E-state index in [2.05, 4.69) is 9.97 Å². The molecular formula is C17H25F2N5O. The maximum absolute atomic E-state index is 13.3. The van der Waals surface area contributed by atoms with E-state index in [0.717, 1.165) is 25.2 Å². The van der Waals surface area contributed by atoms with Crippen LogP contribution in [0, 0.1) is 5.92 Å². The number of carbonyl (C=O) groups is 1. The number of hydrogen-bond acceptors (Lipinski definition) is 5. The molecule has 0 radical (unpaired) electrons. The van der Waals surface area contributed by atoms with E-state index in [9.17, 15) is 13.6 Å². The molecule has 3 rings (SSSR count). The van der Waals surface area contributed by atoms with Crippen molar-refractivity contribution in [1.82, 2.24) is 14.9 Å². The third kappa shape index (κ3) is 4.16. The fourth-order valence-corrected chi connectivity index (χ4v) is 3.41. The van der Waals surface area contributed by atoms with Gasteiger partial charge in [-0.3, -0.25) is 4.79 Å². The predicted molar refractivity (Wildman–Crippen MR) is 92.1 cm³/mol. The number of alkyl halides is 2. The molecule has 0 N–H and O–H groups in total. The number of nitrogens with zero attached hydrogens (tertiary/aromatic N) is 5. The molecule has 6 nitrogen and oxygen atoms in total. The second-order valence-electron chi connectivity index (χ2n) is 7.08. The van der Waals surface area contributed by atoms with E-state index in [-0.39, 0.29) is 37.8 Å². The molecule has 8 heteroatoms.